The summed E-state index contributed by atoms with van der Waals surface area (Å²) >= 11 is 6.79. The van der Waals surface area contributed by atoms with Crippen molar-refractivity contribution in [2.24, 2.45) is 0 Å². The van der Waals surface area contributed by atoms with Crippen LogP contribution in [0.25, 0.3) is 0 Å². The highest BCUT2D eigenvalue weighted by molar-refractivity contribution is 9.10. The molecule has 0 saturated carbocycles. The Hall–Kier alpha value is 0.200. The average molecular weight is 291 g/mol. The van der Waals surface area contributed by atoms with Gasteiger partial charge < -0.3 is 0 Å². The molecule has 2 heterocycles. The van der Waals surface area contributed by atoms with E-state index in [1.807, 2.05) is 10.8 Å². The molecule has 1 atom stereocenters. The van der Waals surface area contributed by atoms with Crippen molar-refractivity contribution in [2.45, 2.75) is 24.5 Å². The Kier molecular flexibility index (Phi) is 3.05. The molecule has 4 heteroatoms. The fourth-order valence-electron chi connectivity index (χ4n) is 1.69. The van der Waals surface area contributed by atoms with Gasteiger partial charge in [0.1, 0.15) is 0 Å². The number of thiophene rings is 1. The van der Waals surface area contributed by atoms with Crippen molar-refractivity contribution >= 4 is 44.8 Å². The van der Waals surface area contributed by atoms with Crippen molar-refractivity contribution < 1.29 is 4.79 Å². The second-order valence-electron chi connectivity index (χ2n) is 3.65. The van der Waals surface area contributed by atoms with Gasteiger partial charge in [-0.3, -0.25) is 4.79 Å². The summed E-state index contributed by atoms with van der Waals surface area (Å²) in [5.74, 6) is 1.40. The Bertz CT molecular complexity index is 353. The molecule has 0 spiro atoms. The lowest BCUT2D eigenvalue weighted by atomic mass is 9.96. The van der Waals surface area contributed by atoms with Gasteiger partial charge in [-0.15, -0.1) is 11.8 Å². The zero-order valence-corrected chi connectivity index (χ0v) is 11.1. The number of thioether (sulfide) groups is 1. The molecule has 14 heavy (non-hydrogen) atoms. The van der Waals surface area contributed by atoms with E-state index in [0.29, 0.717) is 0 Å². The summed E-state index contributed by atoms with van der Waals surface area (Å²) in [7, 11) is 0. The second kappa shape index (κ2) is 3.99. The zero-order chi connectivity index (χ0) is 10.2. The molecule has 1 aliphatic rings. The highest BCUT2D eigenvalue weighted by atomic mass is 79.9. The summed E-state index contributed by atoms with van der Waals surface area (Å²) in [5.41, 5.74) is 0.854. The van der Waals surface area contributed by atoms with E-state index in [-0.39, 0.29) is 10.5 Å². The van der Waals surface area contributed by atoms with Gasteiger partial charge in [0.15, 0.2) is 5.78 Å². The van der Waals surface area contributed by atoms with Gasteiger partial charge in [0.05, 0.1) is 4.75 Å². The number of carbonyl (C=O) groups excluding carboxylic acids is 1. The Morgan fingerprint density at radius 2 is 2.36 bits per heavy atom. The van der Waals surface area contributed by atoms with Gasteiger partial charge >= 0.3 is 0 Å². The topological polar surface area (TPSA) is 17.1 Å². The third-order valence-corrected chi connectivity index (χ3v) is 5.78. The Morgan fingerprint density at radius 1 is 1.57 bits per heavy atom. The number of Topliss-reactive ketones (excluding diaryl/α,β-unsaturated/α-hetero) is 1. The first kappa shape index (κ1) is 10.7. The number of rotatable bonds is 2. The standard InChI is InChI=1S/C10H11BrOS2/c1-10(3-2-4-14-10)9(12)7-5-13-6-8(7)11/h5-6H,2-4H2,1H3. The summed E-state index contributed by atoms with van der Waals surface area (Å²) in [6.45, 7) is 2.07. The maximum absolute atomic E-state index is 12.2. The fourth-order valence-corrected chi connectivity index (χ4v) is 4.41. The van der Waals surface area contributed by atoms with Crippen molar-refractivity contribution in [1.82, 2.24) is 0 Å². The van der Waals surface area contributed by atoms with Gasteiger partial charge in [-0.1, -0.05) is 0 Å². The predicted octanol–water partition coefficient (Wildman–Crippen LogP) is 3.98. The molecule has 1 fully saturated rings. The molecule has 0 bridgehead atoms. The lowest BCUT2D eigenvalue weighted by molar-refractivity contribution is 0.0949. The van der Waals surface area contributed by atoms with Crippen LogP contribution < -0.4 is 0 Å². The van der Waals surface area contributed by atoms with Crippen LogP contribution in [0.4, 0.5) is 0 Å². The number of hydrogen-bond donors (Lipinski definition) is 0. The molecule has 1 nitrogen and oxygen atoms in total. The Balaban J connectivity index is 2.28. The fraction of sp³-hybridized carbons (Fsp3) is 0.500. The van der Waals surface area contributed by atoms with Crippen LogP contribution in [0.3, 0.4) is 0 Å². The van der Waals surface area contributed by atoms with E-state index < -0.39 is 0 Å². The highest BCUT2D eigenvalue weighted by Crippen LogP contribution is 2.41. The van der Waals surface area contributed by atoms with Crippen LogP contribution in [0.5, 0.6) is 0 Å². The van der Waals surface area contributed by atoms with E-state index in [2.05, 4.69) is 22.9 Å². The molecular formula is C10H11BrOS2. The molecule has 2 rings (SSSR count). The van der Waals surface area contributed by atoms with Crippen LogP contribution in [0.2, 0.25) is 0 Å². The highest BCUT2D eigenvalue weighted by Gasteiger charge is 2.38. The molecule has 0 N–H and O–H groups in total. The summed E-state index contributed by atoms with van der Waals surface area (Å²) in [6, 6.07) is 0. The molecule has 76 valence electrons. The monoisotopic (exact) mass is 290 g/mol. The van der Waals surface area contributed by atoms with Crippen LogP contribution in [-0.4, -0.2) is 16.3 Å². The van der Waals surface area contributed by atoms with Crippen molar-refractivity contribution in [2.75, 3.05) is 5.75 Å². The van der Waals surface area contributed by atoms with Gasteiger partial charge in [0.2, 0.25) is 0 Å². The summed E-state index contributed by atoms with van der Waals surface area (Å²) in [4.78, 5) is 12.2. The van der Waals surface area contributed by atoms with Gasteiger partial charge in [-0.25, -0.2) is 0 Å². The molecule has 0 radical (unpaired) electrons. The first-order chi connectivity index (χ1) is 6.63. The minimum Gasteiger partial charge on any atom is -0.293 e. The van der Waals surface area contributed by atoms with Gasteiger partial charge in [0, 0.05) is 20.8 Å². The Morgan fingerprint density at radius 3 is 2.86 bits per heavy atom. The van der Waals surface area contributed by atoms with Crippen LogP contribution in [-0.2, 0) is 0 Å². The first-order valence-electron chi connectivity index (χ1n) is 4.54. The summed E-state index contributed by atoms with van der Waals surface area (Å²) in [5, 5.41) is 3.91. The van der Waals surface area contributed by atoms with Crippen LogP contribution in [0, 0.1) is 0 Å². The molecule has 0 aromatic carbocycles. The van der Waals surface area contributed by atoms with Crippen LogP contribution in [0.1, 0.15) is 30.1 Å². The lowest BCUT2D eigenvalue weighted by Crippen LogP contribution is -2.28. The molecule has 1 saturated heterocycles. The molecule has 1 unspecified atom stereocenters. The zero-order valence-electron chi connectivity index (χ0n) is 7.88. The summed E-state index contributed by atoms with van der Waals surface area (Å²) in [6.07, 6.45) is 2.17. The van der Waals surface area contributed by atoms with Gasteiger partial charge in [-0.05, 0) is 41.4 Å². The minimum atomic E-state index is -0.177. The summed E-state index contributed by atoms with van der Waals surface area (Å²) < 4.78 is 0.769. The van der Waals surface area contributed by atoms with Crippen molar-refractivity contribution in [3.63, 3.8) is 0 Å². The van der Waals surface area contributed by atoms with Gasteiger partial charge in [-0.2, -0.15) is 11.3 Å². The molecule has 0 amide bonds. The molecule has 0 aliphatic carbocycles. The number of hydrogen-bond acceptors (Lipinski definition) is 3. The van der Waals surface area contributed by atoms with E-state index in [1.165, 1.54) is 0 Å². The Labute approximate surface area is 100 Å². The van der Waals surface area contributed by atoms with Crippen molar-refractivity contribution in [1.29, 1.82) is 0 Å². The third kappa shape index (κ3) is 1.79. The number of ketones is 1. The quantitative estimate of drug-likeness (QED) is 0.767. The number of halogens is 1. The molecule has 1 aromatic heterocycles. The van der Waals surface area contributed by atoms with Crippen molar-refractivity contribution in [3.8, 4) is 0 Å². The smallest absolute Gasteiger partial charge is 0.180 e. The third-order valence-electron chi connectivity index (χ3n) is 2.56. The van der Waals surface area contributed by atoms with E-state index in [9.17, 15) is 4.79 Å². The molecular weight excluding hydrogens is 280 g/mol. The predicted molar refractivity (Wildman–Crippen MR) is 66.4 cm³/mol. The van der Waals surface area contributed by atoms with Crippen LogP contribution >= 0.6 is 39.0 Å². The maximum atomic E-state index is 12.2. The second-order valence-corrected chi connectivity index (χ2v) is 6.84. The van der Waals surface area contributed by atoms with Gasteiger partial charge in [0.25, 0.3) is 0 Å². The first-order valence-corrected chi connectivity index (χ1v) is 7.26. The van der Waals surface area contributed by atoms with E-state index >= 15 is 0 Å². The minimum absolute atomic E-state index is 0.177. The van der Waals surface area contributed by atoms with Crippen molar-refractivity contribution in [3.05, 3.63) is 20.8 Å². The van der Waals surface area contributed by atoms with E-state index in [1.54, 1.807) is 23.1 Å². The molecule has 1 aliphatic heterocycles. The maximum Gasteiger partial charge on any atom is 0.180 e. The number of carbonyl (C=O) groups is 1. The normalized spacial score (nSPS) is 26.7. The van der Waals surface area contributed by atoms with E-state index in [0.717, 1.165) is 28.6 Å². The van der Waals surface area contributed by atoms with E-state index in [4.69, 9.17) is 0 Å². The largest absolute Gasteiger partial charge is 0.293 e. The molecule has 1 aromatic rings. The average Bonchev–Trinajstić information content (AvgIpc) is 2.74. The lowest BCUT2D eigenvalue weighted by Gasteiger charge is -2.20. The SMILES string of the molecule is CC1(C(=O)c2cscc2Br)CCCS1. The van der Waals surface area contributed by atoms with Crippen LogP contribution in [0.15, 0.2) is 15.2 Å².